The summed E-state index contributed by atoms with van der Waals surface area (Å²) in [6.45, 7) is 3.35. The number of fused-ring (bicyclic) bond motifs is 1. The largest absolute Gasteiger partial charge is 0.326 e. The number of carbonyl (C=O) groups is 1. The number of hydrogen-bond acceptors (Lipinski definition) is 6. The van der Waals surface area contributed by atoms with Gasteiger partial charge in [-0.05, 0) is 48.9 Å². The molecule has 5 aromatic rings. The molecule has 8 nitrogen and oxygen atoms in total. The number of rotatable bonds is 5. The Morgan fingerprint density at radius 2 is 1.76 bits per heavy atom. The Balaban J connectivity index is 1.45. The Hall–Kier alpha value is -4.59. The molecule has 1 amide bonds. The molecule has 0 fully saturated rings. The van der Waals surface area contributed by atoms with E-state index < -0.39 is 0 Å². The summed E-state index contributed by atoms with van der Waals surface area (Å²) in [5.74, 6) is 1.11. The normalized spacial score (nSPS) is 10.8. The van der Waals surface area contributed by atoms with Crippen LogP contribution in [0, 0.1) is 6.92 Å². The van der Waals surface area contributed by atoms with Gasteiger partial charge in [-0.15, -0.1) is 0 Å². The molecule has 3 aromatic carbocycles. The molecule has 0 aliphatic rings. The first-order valence-electron chi connectivity index (χ1n) is 10.4. The third-order valence-corrected chi connectivity index (χ3v) is 5.10. The van der Waals surface area contributed by atoms with Crippen molar-refractivity contribution in [2.24, 2.45) is 0 Å². The van der Waals surface area contributed by atoms with Gasteiger partial charge in [0, 0.05) is 35.4 Å². The lowest BCUT2D eigenvalue weighted by Crippen LogP contribution is -2.05. The second-order valence-electron chi connectivity index (χ2n) is 7.61. The molecule has 2 heterocycles. The van der Waals surface area contributed by atoms with Gasteiger partial charge in [0.25, 0.3) is 0 Å². The molecular weight excluding hydrogens is 414 g/mol. The maximum atomic E-state index is 11.4. The molecule has 0 aliphatic carbocycles. The van der Waals surface area contributed by atoms with Crippen molar-refractivity contribution in [1.29, 1.82) is 0 Å². The number of aromatic nitrogens is 5. The lowest BCUT2D eigenvalue weighted by atomic mass is 10.0. The van der Waals surface area contributed by atoms with Crippen LogP contribution in [-0.4, -0.2) is 30.6 Å². The highest BCUT2D eigenvalue weighted by atomic mass is 16.1. The summed E-state index contributed by atoms with van der Waals surface area (Å²) in [6, 6.07) is 21.5. The first-order valence-corrected chi connectivity index (χ1v) is 10.4. The highest BCUT2D eigenvalue weighted by Gasteiger charge is 2.09. The van der Waals surface area contributed by atoms with E-state index in [1.165, 1.54) is 6.92 Å². The molecule has 0 radical (unpaired) electrons. The van der Waals surface area contributed by atoms with E-state index in [4.69, 9.17) is 4.98 Å². The Kier molecular flexibility index (Phi) is 5.24. The van der Waals surface area contributed by atoms with Gasteiger partial charge < -0.3 is 10.6 Å². The number of benzene rings is 3. The summed E-state index contributed by atoms with van der Waals surface area (Å²) < 4.78 is 1.73. The molecule has 0 saturated carbocycles. The van der Waals surface area contributed by atoms with Crippen LogP contribution >= 0.6 is 0 Å². The number of nitrogens with one attached hydrogen (secondary N) is 2. The second-order valence-corrected chi connectivity index (χ2v) is 7.61. The van der Waals surface area contributed by atoms with Crippen LogP contribution in [0.15, 0.2) is 79.3 Å². The fraction of sp³-hybridized carbons (Fsp3) is 0.0800. The van der Waals surface area contributed by atoms with Crippen LogP contribution in [0.25, 0.3) is 27.7 Å². The van der Waals surface area contributed by atoms with Crippen molar-refractivity contribution >= 4 is 34.1 Å². The predicted molar refractivity (Wildman–Crippen MR) is 129 cm³/mol. The van der Waals surface area contributed by atoms with Gasteiger partial charge in [0.15, 0.2) is 0 Å². The average Bonchev–Trinajstić information content (AvgIpc) is 3.25. The molecule has 162 valence electrons. The molecule has 33 heavy (non-hydrogen) atoms. The standard InChI is InChI=1S/C25H21N7O/c1-16-27-15-32(31-16)22-11-9-20(10-12-22)29-25-26-14-19-6-4-8-23(24(19)30-25)18-5-3-7-21(13-18)28-17(2)33/h3-15H,1-2H3,(H,28,33)(H,26,29,30). The van der Waals surface area contributed by atoms with Gasteiger partial charge in [-0.3, -0.25) is 4.79 Å². The van der Waals surface area contributed by atoms with Crippen molar-refractivity contribution in [1.82, 2.24) is 24.7 Å². The monoisotopic (exact) mass is 435 g/mol. The number of hydrogen-bond donors (Lipinski definition) is 2. The highest BCUT2D eigenvalue weighted by molar-refractivity contribution is 5.95. The Bertz CT molecular complexity index is 1460. The lowest BCUT2D eigenvalue weighted by Gasteiger charge is -2.11. The highest BCUT2D eigenvalue weighted by Crippen LogP contribution is 2.30. The SMILES string of the molecule is CC(=O)Nc1cccc(-c2cccc3cnc(Nc4ccc(-n5cnc(C)n5)cc4)nc23)c1. The van der Waals surface area contributed by atoms with Crippen molar-refractivity contribution in [3.63, 3.8) is 0 Å². The quantitative estimate of drug-likeness (QED) is 0.408. The fourth-order valence-corrected chi connectivity index (χ4v) is 3.61. The van der Waals surface area contributed by atoms with E-state index in [0.717, 1.165) is 44.9 Å². The van der Waals surface area contributed by atoms with E-state index in [-0.39, 0.29) is 5.91 Å². The van der Waals surface area contributed by atoms with Gasteiger partial charge in [0.1, 0.15) is 12.2 Å². The van der Waals surface area contributed by atoms with Gasteiger partial charge in [0.2, 0.25) is 11.9 Å². The maximum Gasteiger partial charge on any atom is 0.227 e. The molecule has 0 atom stereocenters. The van der Waals surface area contributed by atoms with Crippen molar-refractivity contribution in [2.45, 2.75) is 13.8 Å². The summed E-state index contributed by atoms with van der Waals surface area (Å²) in [7, 11) is 0. The van der Waals surface area contributed by atoms with Crippen molar-refractivity contribution < 1.29 is 4.79 Å². The van der Waals surface area contributed by atoms with Gasteiger partial charge in [0.05, 0.1) is 11.2 Å². The number of para-hydroxylation sites is 1. The third-order valence-electron chi connectivity index (χ3n) is 5.10. The zero-order chi connectivity index (χ0) is 22.8. The van der Waals surface area contributed by atoms with Crippen LogP contribution in [-0.2, 0) is 4.79 Å². The molecule has 2 N–H and O–H groups in total. The predicted octanol–water partition coefficient (Wildman–Crippen LogP) is 4.89. The Morgan fingerprint density at radius 3 is 2.52 bits per heavy atom. The van der Waals surface area contributed by atoms with Crippen LogP contribution in [0.4, 0.5) is 17.3 Å². The topological polar surface area (TPSA) is 97.6 Å². The molecular formula is C25H21N7O. The zero-order valence-electron chi connectivity index (χ0n) is 18.1. The number of nitrogens with zero attached hydrogens (tertiary/aromatic N) is 5. The summed E-state index contributed by atoms with van der Waals surface area (Å²) in [6.07, 6.45) is 3.49. The zero-order valence-corrected chi connectivity index (χ0v) is 18.1. The second kappa shape index (κ2) is 8.51. The fourth-order valence-electron chi connectivity index (χ4n) is 3.61. The van der Waals surface area contributed by atoms with Crippen molar-refractivity contribution in [2.75, 3.05) is 10.6 Å². The Morgan fingerprint density at radius 1 is 0.939 bits per heavy atom. The molecule has 0 spiro atoms. The summed E-state index contributed by atoms with van der Waals surface area (Å²) >= 11 is 0. The molecule has 0 aliphatic heterocycles. The molecule has 5 rings (SSSR count). The minimum absolute atomic E-state index is 0.108. The molecule has 2 aromatic heterocycles. The van der Waals surface area contributed by atoms with Crippen LogP contribution < -0.4 is 10.6 Å². The van der Waals surface area contributed by atoms with E-state index in [1.54, 1.807) is 17.2 Å². The van der Waals surface area contributed by atoms with E-state index in [9.17, 15) is 4.79 Å². The van der Waals surface area contributed by atoms with Crippen LogP contribution in [0.3, 0.4) is 0 Å². The maximum absolute atomic E-state index is 11.4. The van der Waals surface area contributed by atoms with E-state index in [1.807, 2.05) is 73.7 Å². The van der Waals surface area contributed by atoms with Gasteiger partial charge in [-0.2, -0.15) is 5.10 Å². The third kappa shape index (κ3) is 4.40. The molecule has 8 heteroatoms. The minimum Gasteiger partial charge on any atom is -0.326 e. The van der Waals surface area contributed by atoms with E-state index >= 15 is 0 Å². The van der Waals surface area contributed by atoms with Gasteiger partial charge >= 0.3 is 0 Å². The van der Waals surface area contributed by atoms with Crippen molar-refractivity contribution in [3.8, 4) is 16.8 Å². The number of aryl methyl sites for hydroxylation is 1. The number of amides is 1. The molecule has 0 saturated heterocycles. The molecule has 0 bridgehead atoms. The first-order chi connectivity index (χ1) is 16.0. The van der Waals surface area contributed by atoms with Crippen molar-refractivity contribution in [3.05, 3.63) is 85.1 Å². The smallest absolute Gasteiger partial charge is 0.227 e. The van der Waals surface area contributed by atoms with Crippen LogP contribution in [0.2, 0.25) is 0 Å². The van der Waals surface area contributed by atoms with E-state index in [0.29, 0.717) is 5.95 Å². The van der Waals surface area contributed by atoms with Crippen LogP contribution in [0.5, 0.6) is 0 Å². The van der Waals surface area contributed by atoms with E-state index in [2.05, 4.69) is 25.7 Å². The summed E-state index contributed by atoms with van der Waals surface area (Å²) in [5, 5.41) is 11.4. The summed E-state index contributed by atoms with van der Waals surface area (Å²) in [4.78, 5) is 24.9. The van der Waals surface area contributed by atoms with Gasteiger partial charge in [-0.25, -0.2) is 19.6 Å². The average molecular weight is 435 g/mol. The lowest BCUT2D eigenvalue weighted by molar-refractivity contribution is -0.114. The Labute approximate surface area is 190 Å². The first kappa shape index (κ1) is 20.3. The van der Waals surface area contributed by atoms with Gasteiger partial charge in [-0.1, -0.05) is 30.3 Å². The number of anilines is 3. The number of carbonyl (C=O) groups excluding carboxylic acids is 1. The molecule has 0 unspecified atom stereocenters. The minimum atomic E-state index is -0.108. The summed E-state index contributed by atoms with van der Waals surface area (Å²) in [5.41, 5.74) is 5.27. The van der Waals surface area contributed by atoms with Crippen LogP contribution in [0.1, 0.15) is 12.7 Å².